The molecule has 10 heavy (non-hydrogen) atoms. The third kappa shape index (κ3) is 2.06. The molecule has 3 atom stereocenters. The monoisotopic (exact) mass is 268 g/mol. The van der Waals surface area contributed by atoms with Gasteiger partial charge in [-0.05, 0) is 19.3 Å². The van der Waals surface area contributed by atoms with Gasteiger partial charge in [0.15, 0.2) is 0 Å². The highest BCUT2D eigenvalue weighted by atomic mass is 79.9. The van der Waals surface area contributed by atoms with Crippen molar-refractivity contribution in [2.24, 2.45) is 5.92 Å². The largest absolute Gasteiger partial charge is 0.303 e. The summed E-state index contributed by atoms with van der Waals surface area (Å²) in [6.07, 6.45) is 4.22. The van der Waals surface area contributed by atoms with Crippen molar-refractivity contribution in [2.45, 2.75) is 28.9 Å². The summed E-state index contributed by atoms with van der Waals surface area (Å²) in [6, 6.07) is 0. The number of carbonyl (C=O) groups is 1. The molecule has 0 aliphatic heterocycles. The molecule has 1 rings (SSSR count). The van der Waals surface area contributed by atoms with Gasteiger partial charge in [0.25, 0.3) is 0 Å². The minimum absolute atomic E-state index is 0.290. The highest BCUT2D eigenvalue weighted by Gasteiger charge is 2.26. The molecule has 0 saturated heterocycles. The zero-order valence-electron chi connectivity index (χ0n) is 5.59. The number of alkyl halides is 2. The van der Waals surface area contributed by atoms with Crippen molar-refractivity contribution in [3.05, 3.63) is 0 Å². The van der Waals surface area contributed by atoms with E-state index >= 15 is 0 Å². The molecule has 0 spiro atoms. The Morgan fingerprint density at radius 2 is 1.90 bits per heavy atom. The molecular formula is C7H10Br2O. The van der Waals surface area contributed by atoms with Crippen molar-refractivity contribution < 1.29 is 4.79 Å². The maximum atomic E-state index is 10.4. The predicted molar refractivity (Wildman–Crippen MR) is 48.8 cm³/mol. The molecule has 0 N–H and O–H groups in total. The lowest BCUT2D eigenvalue weighted by Gasteiger charge is -2.26. The van der Waals surface area contributed by atoms with Gasteiger partial charge in [0.2, 0.25) is 0 Å². The number of aldehydes is 1. The van der Waals surface area contributed by atoms with Crippen LogP contribution in [0.1, 0.15) is 19.3 Å². The van der Waals surface area contributed by atoms with Crippen LogP contribution in [0.15, 0.2) is 0 Å². The summed E-state index contributed by atoms with van der Waals surface area (Å²) in [7, 11) is 0. The molecule has 1 nitrogen and oxygen atoms in total. The summed E-state index contributed by atoms with van der Waals surface area (Å²) in [5, 5.41) is 0. The Bertz CT molecular complexity index is 127. The van der Waals surface area contributed by atoms with Crippen LogP contribution in [0.5, 0.6) is 0 Å². The number of carbonyl (C=O) groups excluding carboxylic acids is 1. The van der Waals surface area contributed by atoms with Crippen LogP contribution in [0.3, 0.4) is 0 Å². The molecule has 1 saturated carbocycles. The van der Waals surface area contributed by atoms with E-state index in [1.54, 1.807) is 0 Å². The SMILES string of the molecule is O=CC1CCC(Br)C(Br)C1. The van der Waals surface area contributed by atoms with E-state index in [9.17, 15) is 4.79 Å². The summed E-state index contributed by atoms with van der Waals surface area (Å²) in [4.78, 5) is 11.4. The lowest BCUT2D eigenvalue weighted by molar-refractivity contribution is -0.111. The second-order valence-corrected chi connectivity index (χ2v) is 5.09. The minimum Gasteiger partial charge on any atom is -0.303 e. The molecule has 3 heteroatoms. The molecule has 1 aliphatic carbocycles. The maximum Gasteiger partial charge on any atom is 0.123 e. The lowest BCUT2D eigenvalue weighted by atomic mass is 9.90. The normalized spacial score (nSPS) is 41.2. The van der Waals surface area contributed by atoms with Crippen molar-refractivity contribution in [3.8, 4) is 0 Å². The Kier molecular flexibility index (Phi) is 3.37. The van der Waals surface area contributed by atoms with Gasteiger partial charge in [-0.1, -0.05) is 31.9 Å². The molecule has 0 aromatic heterocycles. The van der Waals surface area contributed by atoms with Crippen molar-refractivity contribution in [1.29, 1.82) is 0 Å². The van der Waals surface area contributed by atoms with Gasteiger partial charge in [-0.3, -0.25) is 0 Å². The van der Waals surface area contributed by atoms with E-state index in [2.05, 4.69) is 31.9 Å². The summed E-state index contributed by atoms with van der Waals surface area (Å²) >= 11 is 7.08. The summed E-state index contributed by atoms with van der Waals surface area (Å²) in [6.45, 7) is 0. The van der Waals surface area contributed by atoms with Gasteiger partial charge in [-0.2, -0.15) is 0 Å². The topological polar surface area (TPSA) is 17.1 Å². The van der Waals surface area contributed by atoms with Crippen LogP contribution in [-0.2, 0) is 4.79 Å². The molecule has 0 aromatic rings. The molecule has 0 radical (unpaired) electrons. The van der Waals surface area contributed by atoms with Gasteiger partial charge in [0, 0.05) is 15.6 Å². The van der Waals surface area contributed by atoms with Crippen LogP contribution in [0.25, 0.3) is 0 Å². The van der Waals surface area contributed by atoms with E-state index in [0.717, 1.165) is 25.5 Å². The molecule has 0 aromatic carbocycles. The van der Waals surface area contributed by atoms with Crippen LogP contribution < -0.4 is 0 Å². The Balaban J connectivity index is 2.40. The smallest absolute Gasteiger partial charge is 0.123 e. The number of hydrogen-bond acceptors (Lipinski definition) is 1. The first-order valence-corrected chi connectivity index (χ1v) is 5.30. The van der Waals surface area contributed by atoms with Crippen LogP contribution in [-0.4, -0.2) is 15.9 Å². The number of halogens is 2. The van der Waals surface area contributed by atoms with E-state index < -0.39 is 0 Å². The first-order valence-electron chi connectivity index (χ1n) is 3.47. The fraction of sp³-hybridized carbons (Fsp3) is 0.857. The van der Waals surface area contributed by atoms with Crippen LogP contribution in [0, 0.1) is 5.92 Å². The minimum atomic E-state index is 0.290. The number of hydrogen-bond donors (Lipinski definition) is 0. The van der Waals surface area contributed by atoms with Gasteiger partial charge in [-0.25, -0.2) is 0 Å². The van der Waals surface area contributed by atoms with Gasteiger partial charge in [0.05, 0.1) is 0 Å². The summed E-state index contributed by atoms with van der Waals surface area (Å²) in [5.74, 6) is 0.290. The molecule has 0 bridgehead atoms. The lowest BCUT2D eigenvalue weighted by Crippen LogP contribution is -2.25. The van der Waals surface area contributed by atoms with Crippen molar-refractivity contribution in [3.63, 3.8) is 0 Å². The molecule has 0 heterocycles. The molecule has 3 unspecified atom stereocenters. The third-order valence-electron chi connectivity index (χ3n) is 1.93. The molecule has 58 valence electrons. The number of rotatable bonds is 1. The predicted octanol–water partition coefficient (Wildman–Crippen LogP) is 2.51. The highest BCUT2D eigenvalue weighted by molar-refractivity contribution is 9.12. The van der Waals surface area contributed by atoms with E-state index in [4.69, 9.17) is 0 Å². The Morgan fingerprint density at radius 1 is 1.20 bits per heavy atom. The van der Waals surface area contributed by atoms with Gasteiger partial charge >= 0.3 is 0 Å². The molecule has 1 fully saturated rings. The fourth-order valence-corrected chi connectivity index (χ4v) is 2.46. The Labute approximate surface area is 77.8 Å². The Hall–Kier alpha value is 0.630. The summed E-state index contributed by atoms with van der Waals surface area (Å²) in [5.41, 5.74) is 0. The zero-order valence-corrected chi connectivity index (χ0v) is 8.77. The zero-order chi connectivity index (χ0) is 7.56. The average molecular weight is 270 g/mol. The summed E-state index contributed by atoms with van der Waals surface area (Å²) < 4.78 is 0. The molecule has 0 amide bonds. The second kappa shape index (κ2) is 3.86. The second-order valence-electron chi connectivity index (χ2n) is 2.74. The van der Waals surface area contributed by atoms with Crippen molar-refractivity contribution in [2.75, 3.05) is 0 Å². The standard InChI is InChI=1S/C7H10Br2O/c8-6-2-1-5(4-10)3-7(6)9/h4-7H,1-3H2. The first kappa shape index (κ1) is 8.72. The fourth-order valence-electron chi connectivity index (χ4n) is 1.23. The molecule has 1 aliphatic rings. The maximum absolute atomic E-state index is 10.4. The van der Waals surface area contributed by atoms with Gasteiger partial charge < -0.3 is 4.79 Å². The van der Waals surface area contributed by atoms with E-state index in [0.29, 0.717) is 9.65 Å². The third-order valence-corrected chi connectivity index (χ3v) is 4.74. The highest BCUT2D eigenvalue weighted by Crippen LogP contribution is 2.32. The van der Waals surface area contributed by atoms with Crippen molar-refractivity contribution in [1.82, 2.24) is 0 Å². The molecular weight excluding hydrogens is 260 g/mol. The van der Waals surface area contributed by atoms with Crippen molar-refractivity contribution >= 4 is 38.1 Å². The Morgan fingerprint density at radius 3 is 2.40 bits per heavy atom. The van der Waals surface area contributed by atoms with Gasteiger partial charge in [0.1, 0.15) is 6.29 Å². The quantitative estimate of drug-likeness (QED) is 0.528. The van der Waals surface area contributed by atoms with Crippen LogP contribution >= 0.6 is 31.9 Å². The van der Waals surface area contributed by atoms with E-state index in [1.165, 1.54) is 0 Å². The van der Waals surface area contributed by atoms with Crippen LogP contribution in [0.2, 0.25) is 0 Å². The van der Waals surface area contributed by atoms with Gasteiger partial charge in [-0.15, -0.1) is 0 Å². The van der Waals surface area contributed by atoms with E-state index in [-0.39, 0.29) is 5.92 Å². The van der Waals surface area contributed by atoms with E-state index in [1.807, 2.05) is 0 Å². The first-order chi connectivity index (χ1) is 4.74. The average Bonchev–Trinajstić information content (AvgIpc) is 1.95. The van der Waals surface area contributed by atoms with Crippen LogP contribution in [0.4, 0.5) is 0 Å².